The van der Waals surface area contributed by atoms with E-state index in [1.807, 2.05) is 83.8 Å². The molecule has 0 unspecified atom stereocenters. The fourth-order valence-electron chi connectivity index (χ4n) is 8.51. The van der Waals surface area contributed by atoms with Gasteiger partial charge in [0.15, 0.2) is 0 Å². The second-order valence-electron chi connectivity index (χ2n) is 13.7. The Bertz CT molecular complexity index is 2950. The first-order valence-electron chi connectivity index (χ1n) is 20.4. The fourth-order valence-corrected chi connectivity index (χ4v) is 8.51. The minimum Gasteiger partial charge on any atom is -0.310 e. The Kier molecular flexibility index (Phi) is 6.77. The molecule has 1 heteroatoms. The topological polar surface area (TPSA) is 3.24 Å². The second kappa shape index (κ2) is 13.2. The molecule has 1 nitrogen and oxygen atoms in total. The molecular formula is C53H37N. The van der Waals surface area contributed by atoms with Crippen molar-refractivity contribution >= 4 is 27.8 Å². The van der Waals surface area contributed by atoms with Gasteiger partial charge in [-0.15, -0.1) is 0 Å². The molecule has 0 heterocycles. The summed E-state index contributed by atoms with van der Waals surface area (Å²) in [5, 5.41) is 1.86. The van der Waals surface area contributed by atoms with Gasteiger partial charge in [-0.05, 0) is 91.1 Å². The highest BCUT2D eigenvalue weighted by Gasteiger charge is 2.46. The van der Waals surface area contributed by atoms with E-state index in [1.54, 1.807) is 0 Å². The van der Waals surface area contributed by atoms with Crippen LogP contribution >= 0.6 is 0 Å². The van der Waals surface area contributed by atoms with Crippen molar-refractivity contribution in [1.82, 2.24) is 0 Å². The zero-order valence-corrected chi connectivity index (χ0v) is 29.5. The van der Waals surface area contributed by atoms with Crippen molar-refractivity contribution in [3.05, 3.63) is 247 Å². The quantitative estimate of drug-likeness (QED) is 0.161. The van der Waals surface area contributed by atoms with Crippen molar-refractivity contribution in [2.75, 3.05) is 4.90 Å². The van der Waals surface area contributed by atoms with Crippen LogP contribution in [0.3, 0.4) is 0 Å². The minimum atomic E-state index is -0.678. The van der Waals surface area contributed by atoms with Gasteiger partial charge in [0.25, 0.3) is 0 Å². The van der Waals surface area contributed by atoms with E-state index in [0.29, 0.717) is 11.1 Å². The SMILES string of the molecule is [2H]c1c([2H])c(-c2cccc3ccccc23)c([2H])c(N(c2ccc3c(c2)C(c2ccccc2)(c2ccccc2)c2ccccc2-3)c2ccccc2-c2ccccc2)c1[2H]. The third kappa shape index (κ3) is 5.09. The highest BCUT2D eigenvalue weighted by molar-refractivity contribution is 5.98. The highest BCUT2D eigenvalue weighted by atomic mass is 15.1. The zero-order chi connectivity index (χ0) is 39.4. The van der Waals surface area contributed by atoms with Gasteiger partial charge in [-0.2, -0.15) is 0 Å². The van der Waals surface area contributed by atoms with Crippen molar-refractivity contribution in [1.29, 1.82) is 0 Å². The van der Waals surface area contributed by atoms with E-state index in [-0.39, 0.29) is 29.9 Å². The Balaban J connectivity index is 1.32. The average molecular weight is 692 g/mol. The standard InChI is InChI=1S/C53H37N/c1-4-18-39(19-5-1)47-29-13-15-33-52(47)54(43-27-16-22-40(36-43)46-31-17-21-38-20-10-11-28-45(38)46)44-34-35-49-48-30-12-14-32-50(48)53(51(49)37-44,41-23-6-2-7-24-41)42-25-8-3-9-26-42/h1-37H/i16D,22D,27D,36D. The Morgan fingerprint density at radius 3 is 1.78 bits per heavy atom. The fraction of sp³-hybridized carbons (Fsp3) is 0.0189. The van der Waals surface area contributed by atoms with E-state index < -0.39 is 5.41 Å². The van der Waals surface area contributed by atoms with Crippen molar-refractivity contribution in [2.45, 2.75) is 5.41 Å². The molecule has 0 atom stereocenters. The van der Waals surface area contributed by atoms with Crippen molar-refractivity contribution in [3.8, 4) is 33.4 Å². The van der Waals surface area contributed by atoms with Crippen LogP contribution in [-0.4, -0.2) is 0 Å². The Labute approximate surface area is 322 Å². The molecule has 0 bridgehead atoms. The predicted molar refractivity (Wildman–Crippen MR) is 227 cm³/mol. The van der Waals surface area contributed by atoms with Gasteiger partial charge in [0, 0.05) is 16.9 Å². The molecule has 0 saturated heterocycles. The lowest BCUT2D eigenvalue weighted by molar-refractivity contribution is 0.768. The number of fused-ring (bicyclic) bond motifs is 4. The van der Waals surface area contributed by atoms with E-state index in [0.717, 1.165) is 61.1 Å². The van der Waals surface area contributed by atoms with Crippen molar-refractivity contribution < 1.29 is 5.48 Å². The number of benzene rings is 9. The summed E-state index contributed by atoms with van der Waals surface area (Å²) in [6.45, 7) is 0. The van der Waals surface area contributed by atoms with Crippen LogP contribution in [0.4, 0.5) is 17.1 Å². The smallest absolute Gasteiger partial charge is 0.0714 e. The van der Waals surface area contributed by atoms with Crippen LogP contribution in [0.2, 0.25) is 0 Å². The van der Waals surface area contributed by atoms with Gasteiger partial charge in [-0.25, -0.2) is 0 Å². The number of para-hydroxylation sites is 1. The summed E-state index contributed by atoms with van der Waals surface area (Å²) in [5.74, 6) is 0. The molecular weight excluding hydrogens is 651 g/mol. The zero-order valence-electron chi connectivity index (χ0n) is 33.5. The van der Waals surface area contributed by atoms with Gasteiger partial charge in [0.1, 0.15) is 0 Å². The monoisotopic (exact) mass is 691 g/mol. The van der Waals surface area contributed by atoms with Crippen LogP contribution < -0.4 is 4.90 Å². The molecule has 0 fully saturated rings. The van der Waals surface area contributed by atoms with E-state index in [9.17, 15) is 5.48 Å². The van der Waals surface area contributed by atoms with Gasteiger partial charge in [-0.3, -0.25) is 0 Å². The van der Waals surface area contributed by atoms with Crippen LogP contribution in [0, 0.1) is 0 Å². The predicted octanol–water partition coefficient (Wildman–Crippen LogP) is 14.0. The van der Waals surface area contributed by atoms with Gasteiger partial charge in [-0.1, -0.05) is 194 Å². The van der Waals surface area contributed by atoms with Gasteiger partial charge < -0.3 is 4.90 Å². The maximum Gasteiger partial charge on any atom is 0.0714 e. The first kappa shape index (κ1) is 27.7. The van der Waals surface area contributed by atoms with Crippen LogP contribution in [0.5, 0.6) is 0 Å². The number of rotatable bonds is 7. The molecule has 1 aliphatic rings. The maximum atomic E-state index is 10.1. The van der Waals surface area contributed by atoms with Crippen molar-refractivity contribution in [3.63, 3.8) is 0 Å². The molecule has 0 aromatic heterocycles. The molecule has 0 N–H and O–H groups in total. The molecule has 9 aromatic rings. The molecule has 9 aromatic carbocycles. The van der Waals surface area contributed by atoms with E-state index in [2.05, 4.69) is 121 Å². The van der Waals surface area contributed by atoms with Gasteiger partial charge >= 0.3 is 0 Å². The lowest BCUT2D eigenvalue weighted by atomic mass is 9.67. The van der Waals surface area contributed by atoms with Crippen molar-refractivity contribution in [2.24, 2.45) is 0 Å². The lowest BCUT2D eigenvalue weighted by Crippen LogP contribution is -2.28. The van der Waals surface area contributed by atoms with Gasteiger partial charge in [0.05, 0.1) is 16.6 Å². The van der Waals surface area contributed by atoms with Crippen LogP contribution in [0.15, 0.2) is 224 Å². The Morgan fingerprint density at radius 1 is 0.407 bits per heavy atom. The summed E-state index contributed by atoms with van der Waals surface area (Å²) in [7, 11) is 0. The van der Waals surface area contributed by atoms with E-state index in [1.165, 1.54) is 5.56 Å². The summed E-state index contributed by atoms with van der Waals surface area (Å²) in [6.07, 6.45) is 0. The summed E-state index contributed by atoms with van der Waals surface area (Å²) < 4.78 is 38.3. The molecule has 0 saturated carbocycles. The molecule has 0 amide bonds. The number of hydrogen-bond donors (Lipinski definition) is 0. The maximum absolute atomic E-state index is 10.1. The molecule has 1 aliphatic carbocycles. The third-order valence-electron chi connectivity index (χ3n) is 10.8. The second-order valence-corrected chi connectivity index (χ2v) is 13.7. The molecule has 0 radical (unpaired) electrons. The lowest BCUT2D eigenvalue weighted by Gasteiger charge is -2.35. The molecule has 0 aliphatic heterocycles. The van der Waals surface area contributed by atoms with E-state index >= 15 is 0 Å². The number of nitrogens with zero attached hydrogens (tertiary/aromatic N) is 1. The van der Waals surface area contributed by atoms with Crippen LogP contribution in [0.1, 0.15) is 27.7 Å². The highest BCUT2D eigenvalue weighted by Crippen LogP contribution is 2.57. The molecule has 254 valence electrons. The first-order chi connectivity index (χ1) is 28.5. The van der Waals surface area contributed by atoms with E-state index in [4.69, 9.17) is 0 Å². The summed E-state index contributed by atoms with van der Waals surface area (Å²) in [6, 6.07) is 67.9. The minimum absolute atomic E-state index is 0.0198. The molecule has 0 spiro atoms. The average Bonchev–Trinajstić information content (AvgIpc) is 3.58. The van der Waals surface area contributed by atoms with Crippen LogP contribution in [-0.2, 0) is 5.41 Å². The first-order valence-corrected chi connectivity index (χ1v) is 18.4. The molecule has 10 rings (SSSR count). The largest absolute Gasteiger partial charge is 0.310 e. The summed E-state index contributed by atoms with van der Waals surface area (Å²) >= 11 is 0. The Morgan fingerprint density at radius 2 is 1.00 bits per heavy atom. The summed E-state index contributed by atoms with van der Waals surface area (Å²) in [5.41, 5.74) is 10.8. The number of hydrogen-bond acceptors (Lipinski definition) is 1. The number of anilines is 3. The molecule has 54 heavy (non-hydrogen) atoms. The normalized spacial score (nSPS) is 13.6. The Hall–Kier alpha value is -6.96. The van der Waals surface area contributed by atoms with Gasteiger partial charge in [0.2, 0.25) is 0 Å². The third-order valence-corrected chi connectivity index (χ3v) is 10.8. The summed E-state index contributed by atoms with van der Waals surface area (Å²) in [4.78, 5) is 1.99. The van der Waals surface area contributed by atoms with Crippen LogP contribution in [0.25, 0.3) is 44.2 Å².